The first-order chi connectivity index (χ1) is 14.4. The van der Waals surface area contributed by atoms with Gasteiger partial charge < -0.3 is 10.6 Å². The second kappa shape index (κ2) is 15.6. The quantitative estimate of drug-likeness (QED) is 0.279. The highest BCUT2D eigenvalue weighted by Gasteiger charge is 2.22. The average molecular weight is 422 g/mol. The van der Waals surface area contributed by atoms with Gasteiger partial charge in [-0.3, -0.25) is 24.1 Å². The van der Waals surface area contributed by atoms with Gasteiger partial charge in [-0.2, -0.15) is 0 Å². The van der Waals surface area contributed by atoms with E-state index < -0.39 is 0 Å². The minimum Gasteiger partial charge on any atom is -0.356 e. The lowest BCUT2D eigenvalue weighted by Gasteiger charge is -2.13. The van der Waals surface area contributed by atoms with Gasteiger partial charge in [-0.1, -0.05) is 39.5 Å². The van der Waals surface area contributed by atoms with Crippen molar-refractivity contribution in [3.05, 3.63) is 12.2 Å². The molecule has 0 aromatic heterocycles. The Morgan fingerprint density at radius 1 is 0.767 bits per heavy atom. The fourth-order valence-electron chi connectivity index (χ4n) is 3.28. The zero-order chi connectivity index (χ0) is 22.2. The zero-order valence-electron chi connectivity index (χ0n) is 18.7. The van der Waals surface area contributed by atoms with Crippen LogP contribution in [0.25, 0.3) is 0 Å². The molecule has 7 nitrogen and oxygen atoms in total. The Morgan fingerprint density at radius 2 is 1.27 bits per heavy atom. The number of hydrogen-bond acceptors (Lipinski definition) is 4. The van der Waals surface area contributed by atoms with E-state index in [2.05, 4.69) is 24.5 Å². The Bertz CT molecular complexity index is 569. The van der Waals surface area contributed by atoms with E-state index in [0.29, 0.717) is 32.4 Å². The minimum absolute atomic E-state index is 0.0316. The molecule has 0 saturated heterocycles. The normalized spacial score (nSPS) is 13.4. The highest BCUT2D eigenvalue weighted by molar-refractivity contribution is 6.12. The van der Waals surface area contributed by atoms with Crippen molar-refractivity contribution in [3.63, 3.8) is 0 Å². The fourth-order valence-corrected chi connectivity index (χ4v) is 3.28. The van der Waals surface area contributed by atoms with E-state index in [1.807, 2.05) is 0 Å². The molecule has 0 atom stereocenters. The van der Waals surface area contributed by atoms with Crippen LogP contribution in [0.1, 0.15) is 84.5 Å². The van der Waals surface area contributed by atoms with Crippen molar-refractivity contribution in [1.29, 1.82) is 0 Å². The van der Waals surface area contributed by atoms with Crippen molar-refractivity contribution in [2.45, 2.75) is 84.5 Å². The van der Waals surface area contributed by atoms with Gasteiger partial charge in [-0.25, -0.2) is 0 Å². The number of hydrogen-bond donors (Lipinski definition) is 2. The summed E-state index contributed by atoms with van der Waals surface area (Å²) in [6, 6.07) is 0. The molecular weight excluding hydrogens is 382 g/mol. The average Bonchev–Trinajstić information content (AvgIpc) is 3.01. The van der Waals surface area contributed by atoms with E-state index in [1.165, 1.54) is 23.5 Å². The molecule has 0 radical (unpaired) electrons. The maximum Gasteiger partial charge on any atom is 0.253 e. The number of nitrogens with one attached hydrogen (secondary N) is 2. The topological polar surface area (TPSA) is 95.6 Å². The predicted molar refractivity (Wildman–Crippen MR) is 118 cm³/mol. The molecule has 1 aliphatic heterocycles. The summed E-state index contributed by atoms with van der Waals surface area (Å²) < 4.78 is 0. The molecule has 4 amide bonds. The van der Waals surface area contributed by atoms with Crippen LogP contribution in [0.4, 0.5) is 0 Å². The second-order valence-electron chi connectivity index (χ2n) is 8.37. The lowest BCUT2D eigenvalue weighted by atomic mass is 10.1. The van der Waals surface area contributed by atoms with Crippen LogP contribution in [-0.4, -0.2) is 48.2 Å². The van der Waals surface area contributed by atoms with Crippen molar-refractivity contribution < 1.29 is 19.2 Å². The molecule has 30 heavy (non-hydrogen) atoms. The van der Waals surface area contributed by atoms with Gasteiger partial charge >= 0.3 is 0 Å². The molecule has 0 aromatic carbocycles. The van der Waals surface area contributed by atoms with Crippen LogP contribution >= 0.6 is 0 Å². The Kier molecular flexibility index (Phi) is 13.5. The largest absolute Gasteiger partial charge is 0.356 e. The number of imide groups is 1. The fraction of sp³-hybridized carbons (Fsp3) is 0.739. The number of amides is 4. The lowest BCUT2D eigenvalue weighted by molar-refractivity contribution is -0.137. The first-order valence-electron chi connectivity index (χ1n) is 11.5. The van der Waals surface area contributed by atoms with Crippen LogP contribution in [0, 0.1) is 5.92 Å². The standard InChI is InChI=1S/C23H39N3O4/c1-19(2)11-7-9-17-25-20(27)12-5-3-8-16-24-21(28)13-6-4-10-18-26-22(29)14-15-23(26)30/h14-15,19H,3-13,16-18H2,1-2H3,(H,24,28)(H,25,27). The van der Waals surface area contributed by atoms with E-state index >= 15 is 0 Å². The van der Waals surface area contributed by atoms with Gasteiger partial charge in [0.15, 0.2) is 0 Å². The van der Waals surface area contributed by atoms with Crippen molar-refractivity contribution in [1.82, 2.24) is 15.5 Å². The molecule has 1 aliphatic rings. The molecular formula is C23H39N3O4. The SMILES string of the molecule is CC(C)CCCCNC(=O)CCCCCNC(=O)CCCCCN1C(=O)C=CC1=O. The first kappa shape index (κ1) is 25.9. The van der Waals surface area contributed by atoms with Gasteiger partial charge in [0.2, 0.25) is 11.8 Å². The Labute approximate surface area is 181 Å². The summed E-state index contributed by atoms with van der Waals surface area (Å²) in [5, 5.41) is 5.88. The molecule has 1 rings (SSSR count). The van der Waals surface area contributed by atoms with Gasteiger partial charge in [0.25, 0.3) is 11.8 Å². The van der Waals surface area contributed by atoms with E-state index in [4.69, 9.17) is 0 Å². The Hall–Kier alpha value is -2.18. The zero-order valence-corrected chi connectivity index (χ0v) is 18.7. The summed E-state index contributed by atoms with van der Waals surface area (Å²) in [5.41, 5.74) is 0. The smallest absolute Gasteiger partial charge is 0.253 e. The van der Waals surface area contributed by atoms with Crippen molar-refractivity contribution in [3.8, 4) is 0 Å². The second-order valence-corrected chi connectivity index (χ2v) is 8.37. The lowest BCUT2D eigenvalue weighted by Crippen LogP contribution is -2.30. The number of carbonyl (C=O) groups excluding carboxylic acids is 4. The number of carbonyl (C=O) groups is 4. The van der Waals surface area contributed by atoms with Crippen LogP contribution < -0.4 is 10.6 Å². The van der Waals surface area contributed by atoms with Crippen LogP contribution in [0.2, 0.25) is 0 Å². The summed E-state index contributed by atoms with van der Waals surface area (Å²) in [7, 11) is 0. The third-order valence-electron chi connectivity index (χ3n) is 5.12. The molecule has 1 heterocycles. The third kappa shape index (κ3) is 12.4. The number of nitrogens with zero attached hydrogens (tertiary/aromatic N) is 1. The monoisotopic (exact) mass is 421 g/mol. The number of unbranched alkanes of at least 4 members (excludes halogenated alkanes) is 5. The van der Waals surface area contributed by atoms with Crippen LogP contribution in [-0.2, 0) is 19.2 Å². The van der Waals surface area contributed by atoms with E-state index in [0.717, 1.165) is 57.4 Å². The summed E-state index contributed by atoms with van der Waals surface area (Å²) in [6.45, 7) is 6.24. The molecule has 170 valence electrons. The van der Waals surface area contributed by atoms with Crippen LogP contribution in [0.15, 0.2) is 12.2 Å². The number of rotatable bonds is 17. The highest BCUT2D eigenvalue weighted by Crippen LogP contribution is 2.08. The van der Waals surface area contributed by atoms with Crippen LogP contribution in [0.5, 0.6) is 0 Å². The maximum atomic E-state index is 11.8. The molecule has 2 N–H and O–H groups in total. The third-order valence-corrected chi connectivity index (χ3v) is 5.12. The van der Waals surface area contributed by atoms with Gasteiger partial charge in [0.1, 0.15) is 0 Å². The van der Waals surface area contributed by atoms with Gasteiger partial charge in [-0.05, 0) is 38.0 Å². The van der Waals surface area contributed by atoms with Gasteiger partial charge in [0.05, 0.1) is 0 Å². The summed E-state index contributed by atoms with van der Waals surface area (Å²) in [4.78, 5) is 47.6. The van der Waals surface area contributed by atoms with Crippen molar-refractivity contribution >= 4 is 23.6 Å². The molecule has 0 aromatic rings. The molecule has 7 heteroatoms. The maximum absolute atomic E-state index is 11.8. The summed E-state index contributed by atoms with van der Waals surface area (Å²) in [5.74, 6) is 0.368. The van der Waals surface area contributed by atoms with Crippen LogP contribution in [0.3, 0.4) is 0 Å². The van der Waals surface area contributed by atoms with Crippen molar-refractivity contribution in [2.75, 3.05) is 19.6 Å². The summed E-state index contributed by atoms with van der Waals surface area (Å²) in [6.07, 6.45) is 11.9. The molecule has 0 unspecified atom stereocenters. The molecule has 0 bridgehead atoms. The molecule has 0 spiro atoms. The summed E-state index contributed by atoms with van der Waals surface area (Å²) >= 11 is 0. The Morgan fingerprint density at radius 3 is 1.80 bits per heavy atom. The Balaban J connectivity index is 1.87. The molecule has 0 fully saturated rings. The highest BCUT2D eigenvalue weighted by atomic mass is 16.2. The first-order valence-corrected chi connectivity index (χ1v) is 11.5. The van der Waals surface area contributed by atoms with Gasteiger partial charge in [-0.15, -0.1) is 0 Å². The van der Waals surface area contributed by atoms with Gasteiger partial charge in [0, 0.05) is 44.6 Å². The van der Waals surface area contributed by atoms with E-state index in [1.54, 1.807) is 0 Å². The van der Waals surface area contributed by atoms with Crippen molar-refractivity contribution in [2.24, 2.45) is 5.92 Å². The van der Waals surface area contributed by atoms with E-state index in [-0.39, 0.29) is 23.6 Å². The minimum atomic E-state index is -0.253. The van der Waals surface area contributed by atoms with E-state index in [9.17, 15) is 19.2 Å². The molecule has 0 saturated carbocycles. The molecule has 0 aliphatic carbocycles. The predicted octanol–water partition coefficient (Wildman–Crippen LogP) is 3.09.